The summed E-state index contributed by atoms with van der Waals surface area (Å²) in [5.41, 5.74) is 2.41. The van der Waals surface area contributed by atoms with Crippen molar-refractivity contribution in [1.29, 1.82) is 0 Å². The first kappa shape index (κ1) is 25.6. The molecule has 0 radical (unpaired) electrons. The highest BCUT2D eigenvalue weighted by molar-refractivity contribution is 5.94. The van der Waals surface area contributed by atoms with E-state index < -0.39 is 24.3 Å². The third kappa shape index (κ3) is 5.90. The summed E-state index contributed by atoms with van der Waals surface area (Å²) in [7, 11) is 0. The molecule has 2 heterocycles. The number of fused-ring (bicyclic) bond motifs is 1. The van der Waals surface area contributed by atoms with Crippen molar-refractivity contribution in [3.05, 3.63) is 59.8 Å². The first-order chi connectivity index (χ1) is 18.5. The molecule has 1 saturated heterocycles. The smallest absolute Gasteiger partial charge is 0.412 e. The Morgan fingerprint density at radius 1 is 1.03 bits per heavy atom. The molecular weight excluding hydrogens is 486 g/mol. The third-order valence-corrected chi connectivity index (χ3v) is 7.48. The number of likely N-dealkylation sites (tertiary alicyclic amines) is 1. The molecule has 2 aromatic carbocycles. The highest BCUT2D eigenvalue weighted by atomic mass is 16.6. The molecule has 1 saturated carbocycles. The molecule has 0 spiro atoms. The third-order valence-electron chi connectivity index (χ3n) is 7.48. The zero-order valence-corrected chi connectivity index (χ0v) is 21.2. The molecule has 4 N–H and O–H groups in total. The molecule has 1 aromatic heterocycles. The number of nitrogens with one attached hydrogen (secondary N) is 3. The number of nitrogens with zero attached hydrogens (tertiary/aromatic N) is 2. The Labute approximate surface area is 220 Å². The highest BCUT2D eigenvalue weighted by Crippen LogP contribution is 2.33. The van der Waals surface area contributed by atoms with Gasteiger partial charge in [-0.3, -0.25) is 15.2 Å². The number of hydrogen-bond acceptors (Lipinski definition) is 5. The topological polar surface area (TPSA) is 137 Å². The van der Waals surface area contributed by atoms with E-state index in [0.717, 1.165) is 49.4 Å². The quantitative estimate of drug-likeness (QED) is 0.342. The lowest BCUT2D eigenvalue weighted by Gasteiger charge is -2.38. The predicted molar refractivity (Wildman–Crippen MR) is 142 cm³/mol. The Morgan fingerprint density at radius 2 is 1.84 bits per heavy atom. The number of carbonyl (C=O) groups excluding carboxylic acids is 2. The van der Waals surface area contributed by atoms with Crippen LogP contribution in [0.4, 0.5) is 15.3 Å². The Balaban J connectivity index is 1.38. The van der Waals surface area contributed by atoms with Crippen LogP contribution in [0.3, 0.4) is 0 Å². The monoisotopic (exact) mass is 519 g/mol. The number of piperidine rings is 1. The summed E-state index contributed by atoms with van der Waals surface area (Å²) in [4.78, 5) is 39.5. The molecule has 2 atom stereocenters. The van der Waals surface area contributed by atoms with Crippen LogP contribution in [0, 0.1) is 0 Å². The van der Waals surface area contributed by atoms with Crippen molar-refractivity contribution >= 4 is 34.7 Å². The lowest BCUT2D eigenvalue weighted by molar-refractivity contribution is 0.0178. The van der Waals surface area contributed by atoms with E-state index in [4.69, 9.17) is 4.74 Å². The average Bonchev–Trinajstić information content (AvgIpc) is 3.40. The summed E-state index contributed by atoms with van der Waals surface area (Å²) in [5.74, 6) is -0.172. The predicted octanol–water partition coefficient (Wildman–Crippen LogP) is 5.45. The second kappa shape index (κ2) is 11.5. The van der Waals surface area contributed by atoms with Crippen LogP contribution in [0.15, 0.2) is 48.7 Å². The fraction of sp³-hybridized carbons (Fsp3) is 0.429. The van der Waals surface area contributed by atoms with Crippen molar-refractivity contribution in [3.8, 4) is 0 Å². The van der Waals surface area contributed by atoms with Gasteiger partial charge in [-0.1, -0.05) is 31.4 Å². The Hall–Kier alpha value is -4.08. The van der Waals surface area contributed by atoms with Gasteiger partial charge in [-0.2, -0.15) is 5.10 Å². The van der Waals surface area contributed by atoms with E-state index in [1.165, 1.54) is 11.3 Å². The van der Waals surface area contributed by atoms with Crippen LogP contribution in [0.2, 0.25) is 0 Å². The normalized spacial score (nSPS) is 19.1. The van der Waals surface area contributed by atoms with Crippen molar-refractivity contribution in [1.82, 2.24) is 20.4 Å². The van der Waals surface area contributed by atoms with Crippen molar-refractivity contribution in [2.24, 2.45) is 0 Å². The summed E-state index contributed by atoms with van der Waals surface area (Å²) < 4.78 is 5.93. The van der Waals surface area contributed by atoms with Crippen LogP contribution in [-0.2, 0) is 4.74 Å². The van der Waals surface area contributed by atoms with E-state index >= 15 is 0 Å². The summed E-state index contributed by atoms with van der Waals surface area (Å²) >= 11 is 0. The number of rotatable bonds is 6. The van der Waals surface area contributed by atoms with E-state index in [0.29, 0.717) is 29.8 Å². The van der Waals surface area contributed by atoms with Gasteiger partial charge < -0.3 is 20.1 Å². The second-order valence-electron chi connectivity index (χ2n) is 10.1. The molecule has 5 rings (SSSR count). The summed E-state index contributed by atoms with van der Waals surface area (Å²) in [5, 5.41) is 23.4. The van der Waals surface area contributed by atoms with Gasteiger partial charge in [-0.15, -0.1) is 0 Å². The fourth-order valence-corrected chi connectivity index (χ4v) is 5.53. The van der Waals surface area contributed by atoms with E-state index in [1.54, 1.807) is 48.7 Å². The minimum atomic E-state index is -1.06. The molecule has 10 nitrogen and oxygen atoms in total. The Bertz CT molecular complexity index is 1300. The maximum Gasteiger partial charge on any atom is 0.412 e. The molecule has 1 unspecified atom stereocenters. The zero-order valence-electron chi connectivity index (χ0n) is 21.2. The highest BCUT2D eigenvalue weighted by Gasteiger charge is 2.36. The van der Waals surface area contributed by atoms with Crippen molar-refractivity contribution < 1.29 is 24.2 Å². The van der Waals surface area contributed by atoms with Crippen LogP contribution in [0.1, 0.15) is 73.4 Å². The van der Waals surface area contributed by atoms with Crippen molar-refractivity contribution in [2.75, 3.05) is 11.9 Å². The molecule has 2 fully saturated rings. The van der Waals surface area contributed by atoms with Crippen LogP contribution in [0.25, 0.3) is 10.9 Å². The SMILES string of the molecule is O=C(Nc1ccc2[nH]ncc2c1)O[C@@H](c1cccc(C(=O)NC2CCCCC2)c1)C1CCCCN1C(=O)O. The van der Waals surface area contributed by atoms with Crippen LogP contribution >= 0.6 is 0 Å². The van der Waals surface area contributed by atoms with E-state index in [9.17, 15) is 19.5 Å². The van der Waals surface area contributed by atoms with Crippen molar-refractivity contribution in [3.63, 3.8) is 0 Å². The standard InChI is InChI=1S/C28H33N5O5/c34-26(30-21-9-2-1-3-10-21)19-8-6-7-18(15-19)25(24-11-4-5-14-33(24)28(36)37)38-27(35)31-22-12-13-23-20(16-22)17-29-32-23/h6-8,12-13,15-17,21,24-25H,1-5,9-11,14H2,(H,29,32)(H,30,34)(H,31,35)(H,36,37)/t24?,25-/m0/s1. The molecule has 0 bridgehead atoms. The number of carboxylic acid groups (broad SMARTS) is 1. The molecule has 3 amide bonds. The number of amides is 3. The van der Waals surface area contributed by atoms with Gasteiger partial charge in [0, 0.05) is 29.2 Å². The number of aromatic nitrogens is 2. The van der Waals surface area contributed by atoms with Crippen LogP contribution in [0.5, 0.6) is 0 Å². The summed E-state index contributed by atoms with van der Waals surface area (Å²) in [6.45, 7) is 0.362. The minimum Gasteiger partial charge on any atom is -0.465 e. The molecule has 3 aromatic rings. The van der Waals surface area contributed by atoms with Crippen molar-refractivity contribution in [2.45, 2.75) is 69.6 Å². The van der Waals surface area contributed by atoms with E-state index in [2.05, 4.69) is 20.8 Å². The van der Waals surface area contributed by atoms with Gasteiger partial charge in [0.05, 0.1) is 17.8 Å². The van der Waals surface area contributed by atoms with E-state index in [-0.39, 0.29) is 11.9 Å². The minimum absolute atomic E-state index is 0.158. The Kier molecular flexibility index (Phi) is 7.76. The largest absolute Gasteiger partial charge is 0.465 e. The number of ether oxygens (including phenoxy) is 1. The van der Waals surface area contributed by atoms with Crippen LogP contribution < -0.4 is 10.6 Å². The fourth-order valence-electron chi connectivity index (χ4n) is 5.53. The number of aromatic amines is 1. The molecule has 10 heteroatoms. The number of anilines is 1. The summed E-state index contributed by atoms with van der Waals surface area (Å²) in [6.07, 6.45) is 6.47. The maximum atomic E-state index is 13.1. The van der Waals surface area contributed by atoms with Gasteiger partial charge in [0.15, 0.2) is 0 Å². The number of carbonyl (C=O) groups is 3. The molecule has 2 aliphatic rings. The first-order valence-corrected chi connectivity index (χ1v) is 13.3. The average molecular weight is 520 g/mol. The van der Waals surface area contributed by atoms with Gasteiger partial charge >= 0.3 is 12.2 Å². The van der Waals surface area contributed by atoms with Crippen LogP contribution in [-0.4, -0.2) is 56.9 Å². The molecule has 38 heavy (non-hydrogen) atoms. The summed E-state index contributed by atoms with van der Waals surface area (Å²) in [6, 6.07) is 11.9. The lowest BCUT2D eigenvalue weighted by atomic mass is 9.92. The van der Waals surface area contributed by atoms with Gasteiger partial charge in [0.1, 0.15) is 6.10 Å². The maximum absolute atomic E-state index is 13.1. The van der Waals surface area contributed by atoms with Gasteiger partial charge in [0.25, 0.3) is 5.91 Å². The van der Waals surface area contributed by atoms with Gasteiger partial charge in [-0.05, 0) is 68.0 Å². The number of H-pyrrole nitrogens is 1. The molecule has 200 valence electrons. The second-order valence-corrected chi connectivity index (χ2v) is 10.1. The van der Waals surface area contributed by atoms with E-state index in [1.807, 2.05) is 0 Å². The van der Waals surface area contributed by atoms with Gasteiger partial charge in [0.2, 0.25) is 0 Å². The Morgan fingerprint density at radius 3 is 2.66 bits per heavy atom. The lowest BCUT2D eigenvalue weighted by Crippen LogP contribution is -2.47. The zero-order chi connectivity index (χ0) is 26.5. The molecule has 1 aliphatic carbocycles. The molecular formula is C28H33N5O5. The molecule has 1 aliphatic heterocycles. The van der Waals surface area contributed by atoms with Gasteiger partial charge in [-0.25, -0.2) is 9.59 Å². The number of benzene rings is 2. The first-order valence-electron chi connectivity index (χ1n) is 13.3. The number of hydrogen-bond donors (Lipinski definition) is 4.